The molecule has 0 aliphatic carbocycles. The van der Waals surface area contributed by atoms with Crippen molar-refractivity contribution < 1.29 is 23.8 Å². The van der Waals surface area contributed by atoms with Crippen LogP contribution in [-0.4, -0.2) is 27.7 Å². The summed E-state index contributed by atoms with van der Waals surface area (Å²) in [5.41, 5.74) is 8.30. The van der Waals surface area contributed by atoms with Crippen molar-refractivity contribution in [3.05, 3.63) is 132 Å². The Morgan fingerprint density at radius 3 is 2.13 bits per heavy atom. The van der Waals surface area contributed by atoms with Gasteiger partial charge < -0.3 is 19.0 Å². The smallest absolute Gasteiger partial charge is 0.341 e. The van der Waals surface area contributed by atoms with Gasteiger partial charge in [-0.05, 0) is 77.7 Å². The van der Waals surface area contributed by atoms with Crippen LogP contribution in [0.2, 0.25) is 0 Å². The standard InChI is InChI=1S/C38H28N2O5S/c1-24-20-30(17-19-32(24)44-23-35(41)42)43-22-34-40-36(37(46-34)27-14-12-26(13-15-27)25-8-4-2-5-9-25)29-16-18-33-31(21-29)39-38(45-33)28-10-6-3-7-11-28/h2-21H,22-23H2,1H3,(H,41,42). The Balaban J connectivity index is 1.21. The Kier molecular flexibility index (Phi) is 8.01. The molecule has 0 bridgehead atoms. The van der Waals surface area contributed by atoms with E-state index < -0.39 is 12.6 Å². The minimum absolute atomic E-state index is 0.263. The molecule has 2 heterocycles. The first kappa shape index (κ1) is 29.0. The number of benzene rings is 5. The molecule has 5 aromatic carbocycles. The molecule has 8 heteroatoms. The number of carboxylic acids is 1. The summed E-state index contributed by atoms with van der Waals surface area (Å²) >= 11 is 1.58. The zero-order chi connectivity index (χ0) is 31.5. The molecule has 7 rings (SSSR count). The van der Waals surface area contributed by atoms with Gasteiger partial charge in [0, 0.05) is 11.1 Å². The van der Waals surface area contributed by atoms with Gasteiger partial charge in [0.25, 0.3) is 0 Å². The number of thiazole rings is 1. The molecule has 1 N–H and O–H groups in total. The number of aliphatic carboxylic acids is 1. The highest BCUT2D eigenvalue weighted by Gasteiger charge is 2.18. The van der Waals surface area contributed by atoms with E-state index in [1.807, 2.05) is 79.7 Å². The number of carboxylic acid groups (broad SMARTS) is 1. The second-order valence-corrected chi connectivity index (χ2v) is 11.8. The van der Waals surface area contributed by atoms with Crippen molar-refractivity contribution >= 4 is 28.4 Å². The van der Waals surface area contributed by atoms with E-state index >= 15 is 0 Å². The fraction of sp³-hybridized carbons (Fsp3) is 0.0789. The van der Waals surface area contributed by atoms with Crippen molar-refractivity contribution in [3.63, 3.8) is 0 Å². The maximum atomic E-state index is 10.9. The molecular formula is C38H28N2O5S. The fourth-order valence-corrected chi connectivity index (χ4v) is 6.20. The third kappa shape index (κ3) is 6.24. The van der Waals surface area contributed by atoms with E-state index in [0.717, 1.165) is 54.5 Å². The molecular weight excluding hydrogens is 596 g/mol. The maximum Gasteiger partial charge on any atom is 0.341 e. The van der Waals surface area contributed by atoms with Gasteiger partial charge in [-0.1, -0.05) is 72.8 Å². The lowest BCUT2D eigenvalue weighted by atomic mass is 10.0. The van der Waals surface area contributed by atoms with E-state index in [1.165, 1.54) is 0 Å². The third-order valence-corrected chi connectivity index (χ3v) is 8.55. The number of aromatic nitrogens is 2. The molecule has 226 valence electrons. The number of aryl methyl sites for hydroxylation is 1. The number of ether oxygens (including phenoxy) is 2. The second kappa shape index (κ2) is 12.7. The van der Waals surface area contributed by atoms with Crippen LogP contribution in [0.1, 0.15) is 10.6 Å². The molecule has 0 aliphatic heterocycles. The summed E-state index contributed by atoms with van der Waals surface area (Å²) in [4.78, 5) is 21.8. The van der Waals surface area contributed by atoms with Crippen molar-refractivity contribution in [1.29, 1.82) is 0 Å². The molecule has 2 aromatic heterocycles. The van der Waals surface area contributed by atoms with Crippen LogP contribution in [0.25, 0.3) is 55.4 Å². The number of nitrogens with zero attached hydrogens (tertiary/aromatic N) is 2. The monoisotopic (exact) mass is 624 g/mol. The van der Waals surface area contributed by atoms with Gasteiger partial charge in [-0.25, -0.2) is 14.8 Å². The summed E-state index contributed by atoms with van der Waals surface area (Å²) in [6, 6.07) is 40.0. The number of rotatable bonds is 10. The lowest BCUT2D eigenvalue weighted by Gasteiger charge is -2.09. The quantitative estimate of drug-likeness (QED) is 0.162. The van der Waals surface area contributed by atoms with E-state index in [0.29, 0.717) is 23.0 Å². The molecule has 0 saturated heterocycles. The van der Waals surface area contributed by atoms with Crippen LogP contribution in [-0.2, 0) is 11.4 Å². The van der Waals surface area contributed by atoms with Gasteiger partial charge in [0.15, 0.2) is 12.2 Å². The molecule has 7 nitrogen and oxygen atoms in total. The van der Waals surface area contributed by atoms with Crippen LogP contribution in [0.3, 0.4) is 0 Å². The summed E-state index contributed by atoms with van der Waals surface area (Å²) in [5.74, 6) is 0.699. The van der Waals surface area contributed by atoms with Gasteiger partial charge >= 0.3 is 5.97 Å². The Morgan fingerprint density at radius 1 is 0.739 bits per heavy atom. The van der Waals surface area contributed by atoms with Crippen molar-refractivity contribution in [3.8, 4) is 55.8 Å². The molecule has 0 saturated carbocycles. The third-order valence-electron chi connectivity index (χ3n) is 7.47. The number of carbonyl (C=O) groups is 1. The Morgan fingerprint density at radius 2 is 1.41 bits per heavy atom. The van der Waals surface area contributed by atoms with Crippen LogP contribution in [0, 0.1) is 6.92 Å². The lowest BCUT2D eigenvalue weighted by Crippen LogP contribution is -2.10. The molecule has 0 spiro atoms. The van der Waals surface area contributed by atoms with E-state index in [9.17, 15) is 4.79 Å². The number of hydrogen-bond donors (Lipinski definition) is 1. The zero-order valence-electron chi connectivity index (χ0n) is 24.8. The Bertz CT molecular complexity index is 2140. The highest BCUT2D eigenvalue weighted by atomic mass is 32.1. The predicted molar refractivity (Wildman–Crippen MR) is 180 cm³/mol. The molecule has 0 radical (unpaired) electrons. The first-order valence-electron chi connectivity index (χ1n) is 14.7. The molecule has 0 atom stereocenters. The first-order chi connectivity index (χ1) is 22.5. The van der Waals surface area contributed by atoms with Gasteiger partial charge in [0.1, 0.15) is 28.6 Å². The van der Waals surface area contributed by atoms with Gasteiger partial charge in [-0.15, -0.1) is 11.3 Å². The SMILES string of the molecule is Cc1cc(OCc2nc(-c3ccc4oc(-c5ccccc5)nc4c3)c(-c3ccc(-c4ccccc4)cc3)s2)ccc1OCC(=O)O. The lowest BCUT2D eigenvalue weighted by molar-refractivity contribution is -0.139. The average molecular weight is 625 g/mol. The molecule has 0 unspecified atom stereocenters. The minimum atomic E-state index is -1.02. The zero-order valence-corrected chi connectivity index (χ0v) is 25.7. The van der Waals surface area contributed by atoms with Crippen LogP contribution < -0.4 is 9.47 Å². The number of fused-ring (bicyclic) bond motifs is 1. The van der Waals surface area contributed by atoms with Gasteiger partial charge in [0.05, 0.1) is 10.6 Å². The van der Waals surface area contributed by atoms with Crippen LogP contribution in [0.15, 0.2) is 126 Å². The molecule has 7 aromatic rings. The second-order valence-electron chi connectivity index (χ2n) is 10.7. The molecule has 0 fully saturated rings. The molecule has 0 aliphatic rings. The van der Waals surface area contributed by atoms with Gasteiger partial charge in [-0.2, -0.15) is 0 Å². The fourth-order valence-electron chi connectivity index (χ4n) is 5.20. The summed E-state index contributed by atoms with van der Waals surface area (Å²) in [6.07, 6.45) is 0. The van der Waals surface area contributed by atoms with Crippen LogP contribution in [0.4, 0.5) is 0 Å². The highest BCUT2D eigenvalue weighted by molar-refractivity contribution is 7.15. The Hall–Kier alpha value is -5.73. The van der Waals surface area contributed by atoms with Crippen LogP contribution >= 0.6 is 11.3 Å². The molecule has 46 heavy (non-hydrogen) atoms. The predicted octanol–water partition coefficient (Wildman–Crippen LogP) is 9.30. The van der Waals surface area contributed by atoms with Crippen molar-refractivity contribution in [2.45, 2.75) is 13.5 Å². The Labute approximate surface area is 269 Å². The van der Waals surface area contributed by atoms with E-state index in [2.05, 4.69) is 36.4 Å². The van der Waals surface area contributed by atoms with E-state index in [-0.39, 0.29) is 6.61 Å². The number of hydrogen-bond acceptors (Lipinski definition) is 7. The van der Waals surface area contributed by atoms with Crippen molar-refractivity contribution in [1.82, 2.24) is 9.97 Å². The van der Waals surface area contributed by atoms with E-state index in [1.54, 1.807) is 23.5 Å². The number of oxazole rings is 1. The summed E-state index contributed by atoms with van der Waals surface area (Å²) in [5, 5.41) is 9.73. The van der Waals surface area contributed by atoms with Gasteiger partial charge in [0.2, 0.25) is 5.89 Å². The normalized spacial score (nSPS) is 11.1. The van der Waals surface area contributed by atoms with Crippen LogP contribution in [0.5, 0.6) is 11.5 Å². The van der Waals surface area contributed by atoms with Crippen molar-refractivity contribution in [2.24, 2.45) is 0 Å². The largest absolute Gasteiger partial charge is 0.486 e. The average Bonchev–Trinajstić information content (AvgIpc) is 3.72. The molecule has 0 amide bonds. The first-order valence-corrected chi connectivity index (χ1v) is 15.5. The van der Waals surface area contributed by atoms with E-state index in [4.69, 9.17) is 29.0 Å². The summed E-state index contributed by atoms with van der Waals surface area (Å²) in [6.45, 7) is 1.72. The minimum Gasteiger partial charge on any atom is -0.486 e. The summed E-state index contributed by atoms with van der Waals surface area (Å²) in [7, 11) is 0. The maximum absolute atomic E-state index is 10.9. The summed E-state index contributed by atoms with van der Waals surface area (Å²) < 4.78 is 17.6. The van der Waals surface area contributed by atoms with Gasteiger partial charge in [-0.3, -0.25) is 0 Å². The highest BCUT2D eigenvalue weighted by Crippen LogP contribution is 2.39. The van der Waals surface area contributed by atoms with Crippen molar-refractivity contribution in [2.75, 3.05) is 6.61 Å². The topological polar surface area (TPSA) is 94.7 Å².